The molecule has 0 aliphatic rings. The highest BCUT2D eigenvalue weighted by molar-refractivity contribution is 9.10. The molecule has 2 rings (SSSR count). The maximum absolute atomic E-state index is 11.1. The summed E-state index contributed by atoms with van der Waals surface area (Å²) in [6.45, 7) is 0. The molecule has 0 unspecified atom stereocenters. The van der Waals surface area contributed by atoms with Crippen LogP contribution in [0.15, 0.2) is 64.8 Å². The van der Waals surface area contributed by atoms with Gasteiger partial charge >= 0.3 is 0 Å². The molecule has 96 valence electrons. The van der Waals surface area contributed by atoms with Gasteiger partial charge in [-0.3, -0.25) is 10.1 Å². The maximum atomic E-state index is 11.1. The highest BCUT2D eigenvalue weighted by Gasteiger charge is 2.11. The Labute approximate surface area is 119 Å². The molecule has 2 aromatic rings. The summed E-state index contributed by atoms with van der Waals surface area (Å²) in [6, 6.07) is 16.9. The standard InChI is InChI=1S/C15H12BrNO2/c16-14-8-4-7-13(9-14)11-15(17(18)19)10-12-5-2-1-3-6-12/h1-9,11H,10H2. The minimum Gasteiger partial charge on any atom is -0.259 e. The number of rotatable bonds is 4. The lowest BCUT2D eigenvalue weighted by Crippen LogP contribution is -2.02. The zero-order valence-corrected chi connectivity index (χ0v) is 11.7. The van der Waals surface area contributed by atoms with Gasteiger partial charge < -0.3 is 0 Å². The van der Waals surface area contributed by atoms with Gasteiger partial charge in [-0.25, -0.2) is 0 Å². The summed E-state index contributed by atoms with van der Waals surface area (Å²) < 4.78 is 0.906. The Morgan fingerprint density at radius 1 is 1.16 bits per heavy atom. The lowest BCUT2D eigenvalue weighted by Gasteiger charge is -2.00. The quantitative estimate of drug-likeness (QED) is 0.623. The fourth-order valence-electron chi connectivity index (χ4n) is 1.76. The fourth-order valence-corrected chi connectivity index (χ4v) is 2.18. The predicted octanol–water partition coefficient (Wildman–Crippen LogP) is 4.31. The normalized spacial score (nSPS) is 11.3. The number of hydrogen-bond acceptors (Lipinski definition) is 2. The molecule has 19 heavy (non-hydrogen) atoms. The summed E-state index contributed by atoms with van der Waals surface area (Å²) >= 11 is 3.36. The van der Waals surface area contributed by atoms with Crippen LogP contribution in [0.5, 0.6) is 0 Å². The minimum atomic E-state index is -0.325. The van der Waals surface area contributed by atoms with Crippen molar-refractivity contribution in [3.05, 3.63) is 86.0 Å². The number of allylic oxidation sites excluding steroid dienone is 1. The monoisotopic (exact) mass is 317 g/mol. The summed E-state index contributed by atoms with van der Waals surface area (Å²) in [7, 11) is 0. The van der Waals surface area contributed by atoms with Crippen LogP contribution in [0.1, 0.15) is 11.1 Å². The molecule has 0 aliphatic heterocycles. The first-order valence-electron chi connectivity index (χ1n) is 5.79. The van der Waals surface area contributed by atoms with E-state index in [2.05, 4.69) is 15.9 Å². The van der Waals surface area contributed by atoms with Gasteiger partial charge in [0.15, 0.2) is 0 Å². The molecule has 0 N–H and O–H groups in total. The zero-order chi connectivity index (χ0) is 13.7. The predicted molar refractivity (Wildman–Crippen MR) is 79.3 cm³/mol. The molecule has 2 aromatic carbocycles. The van der Waals surface area contributed by atoms with Gasteiger partial charge in [-0.05, 0) is 23.3 Å². The number of hydrogen-bond donors (Lipinski definition) is 0. The van der Waals surface area contributed by atoms with Crippen molar-refractivity contribution in [2.45, 2.75) is 6.42 Å². The van der Waals surface area contributed by atoms with Gasteiger partial charge in [-0.2, -0.15) is 0 Å². The van der Waals surface area contributed by atoms with Gasteiger partial charge in [0.25, 0.3) is 5.70 Å². The first-order chi connectivity index (χ1) is 9.15. The lowest BCUT2D eigenvalue weighted by molar-refractivity contribution is -0.425. The molecule has 3 nitrogen and oxygen atoms in total. The van der Waals surface area contributed by atoms with Crippen molar-refractivity contribution in [1.82, 2.24) is 0 Å². The van der Waals surface area contributed by atoms with Crippen LogP contribution < -0.4 is 0 Å². The van der Waals surface area contributed by atoms with Crippen molar-refractivity contribution in [2.24, 2.45) is 0 Å². The number of benzene rings is 2. The topological polar surface area (TPSA) is 43.1 Å². The highest BCUT2D eigenvalue weighted by Crippen LogP contribution is 2.17. The first-order valence-corrected chi connectivity index (χ1v) is 6.59. The molecule has 0 aromatic heterocycles. The Balaban J connectivity index is 2.28. The summed E-state index contributed by atoms with van der Waals surface area (Å²) in [5, 5.41) is 11.1. The van der Waals surface area contributed by atoms with E-state index in [0.717, 1.165) is 15.6 Å². The largest absolute Gasteiger partial charge is 0.259 e. The molecular formula is C15H12BrNO2. The average molecular weight is 318 g/mol. The Morgan fingerprint density at radius 2 is 1.89 bits per heavy atom. The van der Waals surface area contributed by atoms with Crippen LogP contribution in [0.25, 0.3) is 6.08 Å². The van der Waals surface area contributed by atoms with Crippen molar-refractivity contribution in [2.75, 3.05) is 0 Å². The van der Waals surface area contributed by atoms with Gasteiger partial charge in [-0.1, -0.05) is 58.4 Å². The summed E-state index contributed by atoms with van der Waals surface area (Å²) in [4.78, 5) is 10.8. The maximum Gasteiger partial charge on any atom is 0.251 e. The van der Waals surface area contributed by atoms with Gasteiger partial charge in [-0.15, -0.1) is 0 Å². The van der Waals surface area contributed by atoms with Crippen molar-refractivity contribution >= 4 is 22.0 Å². The van der Waals surface area contributed by atoms with Crippen molar-refractivity contribution < 1.29 is 4.92 Å². The number of halogens is 1. The third kappa shape index (κ3) is 4.03. The van der Waals surface area contributed by atoms with Crippen LogP contribution in [0.2, 0.25) is 0 Å². The van der Waals surface area contributed by atoms with Gasteiger partial charge in [0.1, 0.15) is 0 Å². The van der Waals surface area contributed by atoms with Gasteiger partial charge in [0, 0.05) is 10.5 Å². The van der Waals surface area contributed by atoms with Crippen LogP contribution in [-0.4, -0.2) is 4.92 Å². The second-order valence-electron chi connectivity index (χ2n) is 4.11. The average Bonchev–Trinajstić information content (AvgIpc) is 2.39. The van der Waals surface area contributed by atoms with Crippen LogP contribution >= 0.6 is 15.9 Å². The molecule has 0 aliphatic carbocycles. The Kier molecular flexibility index (Phi) is 4.47. The molecule has 0 saturated carbocycles. The van der Waals surface area contributed by atoms with E-state index >= 15 is 0 Å². The summed E-state index contributed by atoms with van der Waals surface area (Å²) in [6.07, 6.45) is 1.93. The second kappa shape index (κ2) is 6.29. The van der Waals surface area contributed by atoms with E-state index < -0.39 is 0 Å². The van der Waals surface area contributed by atoms with Gasteiger partial charge in [0.05, 0.1) is 11.3 Å². The molecule has 0 fully saturated rings. The third-order valence-corrected chi connectivity index (χ3v) is 3.14. The molecular weight excluding hydrogens is 306 g/mol. The van der Waals surface area contributed by atoms with E-state index in [9.17, 15) is 10.1 Å². The minimum absolute atomic E-state index is 0.185. The van der Waals surface area contributed by atoms with Crippen LogP contribution in [0.3, 0.4) is 0 Å². The zero-order valence-electron chi connectivity index (χ0n) is 10.1. The first kappa shape index (κ1) is 13.5. The van der Waals surface area contributed by atoms with E-state index in [-0.39, 0.29) is 10.6 Å². The number of nitrogens with zero attached hydrogens (tertiary/aromatic N) is 1. The highest BCUT2D eigenvalue weighted by atomic mass is 79.9. The smallest absolute Gasteiger partial charge is 0.251 e. The molecule has 0 saturated heterocycles. The van der Waals surface area contributed by atoms with Crippen LogP contribution in [-0.2, 0) is 6.42 Å². The lowest BCUT2D eigenvalue weighted by atomic mass is 10.1. The van der Waals surface area contributed by atoms with Crippen molar-refractivity contribution in [1.29, 1.82) is 0 Å². The third-order valence-electron chi connectivity index (χ3n) is 2.64. The summed E-state index contributed by atoms with van der Waals surface area (Å²) in [5.74, 6) is 0. The second-order valence-corrected chi connectivity index (χ2v) is 5.03. The Morgan fingerprint density at radius 3 is 2.53 bits per heavy atom. The van der Waals surface area contributed by atoms with E-state index in [1.165, 1.54) is 0 Å². The molecule has 0 bridgehead atoms. The SMILES string of the molecule is O=[N+]([O-])C(=Cc1cccc(Br)c1)Cc1ccccc1. The molecule has 0 heterocycles. The molecule has 0 amide bonds. The van der Waals surface area contributed by atoms with Gasteiger partial charge in [0.2, 0.25) is 0 Å². The molecule has 0 spiro atoms. The Hall–Kier alpha value is -1.94. The number of nitro groups is 1. The van der Waals surface area contributed by atoms with Crippen molar-refractivity contribution in [3.63, 3.8) is 0 Å². The summed E-state index contributed by atoms with van der Waals surface area (Å²) in [5.41, 5.74) is 1.93. The van der Waals surface area contributed by atoms with E-state index in [0.29, 0.717) is 6.42 Å². The van der Waals surface area contributed by atoms with E-state index in [4.69, 9.17) is 0 Å². The van der Waals surface area contributed by atoms with E-state index in [1.807, 2.05) is 54.6 Å². The van der Waals surface area contributed by atoms with Crippen LogP contribution in [0.4, 0.5) is 0 Å². The molecule has 4 heteroatoms. The van der Waals surface area contributed by atoms with E-state index in [1.54, 1.807) is 6.08 Å². The van der Waals surface area contributed by atoms with Crippen LogP contribution in [0, 0.1) is 10.1 Å². The van der Waals surface area contributed by atoms with Crippen molar-refractivity contribution in [3.8, 4) is 0 Å². The Bertz CT molecular complexity index is 609. The molecule has 0 radical (unpaired) electrons. The fraction of sp³-hybridized carbons (Fsp3) is 0.0667. The molecule has 0 atom stereocenters.